The van der Waals surface area contributed by atoms with E-state index in [0.717, 1.165) is 19.2 Å². The van der Waals surface area contributed by atoms with Gasteiger partial charge in [0.1, 0.15) is 0 Å². The highest BCUT2D eigenvalue weighted by Crippen LogP contribution is 2.41. The Hall–Kier alpha value is -0.370. The van der Waals surface area contributed by atoms with Crippen molar-refractivity contribution in [1.82, 2.24) is 5.32 Å². The predicted molar refractivity (Wildman–Crippen MR) is 86.7 cm³/mol. The van der Waals surface area contributed by atoms with E-state index in [4.69, 9.17) is 0 Å². The lowest BCUT2D eigenvalue weighted by Crippen LogP contribution is -2.24. The molecule has 0 aliphatic carbocycles. The minimum atomic E-state index is -4.37. The Bertz CT molecular complexity index is 605. The van der Waals surface area contributed by atoms with Crippen LogP contribution in [0.5, 0.6) is 0 Å². The average Bonchev–Trinajstić information content (AvgIpc) is 2.75. The Morgan fingerprint density at radius 1 is 1.24 bits per heavy atom. The van der Waals surface area contributed by atoms with E-state index in [2.05, 4.69) is 37.2 Å². The second-order valence-electron chi connectivity index (χ2n) is 4.35. The summed E-state index contributed by atoms with van der Waals surface area (Å²) in [7, 11) is 0. The molecule has 1 aromatic heterocycles. The number of rotatable bonds is 4. The van der Waals surface area contributed by atoms with Gasteiger partial charge < -0.3 is 5.32 Å². The van der Waals surface area contributed by atoms with Gasteiger partial charge in [-0.15, -0.1) is 11.3 Å². The van der Waals surface area contributed by atoms with Gasteiger partial charge >= 0.3 is 6.18 Å². The third-order valence-corrected chi connectivity index (χ3v) is 6.26. The van der Waals surface area contributed by atoms with Crippen LogP contribution < -0.4 is 5.32 Å². The number of hydrogen-bond acceptors (Lipinski definition) is 2. The first kappa shape index (κ1) is 17.0. The van der Waals surface area contributed by atoms with Crippen LogP contribution in [0.4, 0.5) is 13.2 Å². The molecule has 0 bridgehead atoms. The van der Waals surface area contributed by atoms with E-state index in [1.54, 1.807) is 6.07 Å². The van der Waals surface area contributed by atoms with Gasteiger partial charge in [0.2, 0.25) is 0 Å². The minimum absolute atomic E-state index is 0.244. The van der Waals surface area contributed by atoms with Crippen molar-refractivity contribution in [3.63, 3.8) is 0 Å². The minimum Gasteiger partial charge on any atom is -0.306 e. The molecule has 1 atom stereocenters. The van der Waals surface area contributed by atoms with E-state index in [1.807, 2.05) is 13.0 Å². The van der Waals surface area contributed by atoms with Crippen LogP contribution in [-0.2, 0) is 6.18 Å². The van der Waals surface area contributed by atoms with Crippen LogP contribution in [-0.4, -0.2) is 6.54 Å². The van der Waals surface area contributed by atoms with Crippen LogP contribution in [0.1, 0.15) is 29.0 Å². The first-order valence-electron chi connectivity index (χ1n) is 6.18. The van der Waals surface area contributed by atoms with Crippen molar-refractivity contribution in [2.24, 2.45) is 0 Å². The Labute approximate surface area is 141 Å². The molecule has 0 aliphatic heterocycles. The Kier molecular flexibility index (Phi) is 5.51. The molecule has 0 saturated carbocycles. The van der Waals surface area contributed by atoms with Crippen molar-refractivity contribution in [1.29, 1.82) is 0 Å². The van der Waals surface area contributed by atoms with Crippen LogP contribution >= 0.6 is 43.2 Å². The molecule has 0 aliphatic rings. The summed E-state index contributed by atoms with van der Waals surface area (Å²) in [4.78, 5) is 0.826. The zero-order valence-electron chi connectivity index (χ0n) is 11.0. The van der Waals surface area contributed by atoms with E-state index in [0.29, 0.717) is 6.54 Å². The summed E-state index contributed by atoms with van der Waals surface area (Å²) in [5, 5.41) is 3.14. The van der Waals surface area contributed by atoms with Gasteiger partial charge in [0.05, 0.1) is 15.4 Å². The van der Waals surface area contributed by atoms with Crippen molar-refractivity contribution in [2.45, 2.75) is 19.1 Å². The molecular formula is C14H12Br2F3NS. The first-order chi connectivity index (χ1) is 9.84. The van der Waals surface area contributed by atoms with Crippen molar-refractivity contribution in [3.8, 4) is 0 Å². The molecule has 1 unspecified atom stereocenters. The van der Waals surface area contributed by atoms with E-state index < -0.39 is 17.8 Å². The molecule has 0 fully saturated rings. The topological polar surface area (TPSA) is 12.0 Å². The van der Waals surface area contributed by atoms with Crippen LogP contribution in [0.25, 0.3) is 0 Å². The van der Waals surface area contributed by atoms with E-state index in [-0.39, 0.29) is 5.56 Å². The molecule has 0 saturated heterocycles. The van der Waals surface area contributed by atoms with Gasteiger partial charge in [-0.1, -0.05) is 25.1 Å². The lowest BCUT2D eigenvalue weighted by Gasteiger charge is -2.21. The summed E-state index contributed by atoms with van der Waals surface area (Å²) < 4.78 is 41.3. The highest BCUT2D eigenvalue weighted by Gasteiger charge is 2.35. The largest absolute Gasteiger partial charge is 0.416 e. The van der Waals surface area contributed by atoms with Gasteiger partial charge in [-0.2, -0.15) is 13.2 Å². The molecule has 7 heteroatoms. The van der Waals surface area contributed by atoms with E-state index in [1.165, 1.54) is 23.5 Å². The van der Waals surface area contributed by atoms with Gasteiger partial charge in [0.15, 0.2) is 0 Å². The first-order valence-corrected chi connectivity index (χ1v) is 8.59. The molecule has 1 aromatic carbocycles. The molecule has 0 amide bonds. The van der Waals surface area contributed by atoms with E-state index in [9.17, 15) is 13.2 Å². The monoisotopic (exact) mass is 441 g/mol. The number of thiophene rings is 1. The Morgan fingerprint density at radius 3 is 2.43 bits per heavy atom. The highest BCUT2D eigenvalue weighted by atomic mass is 79.9. The van der Waals surface area contributed by atoms with Crippen LogP contribution in [0.2, 0.25) is 0 Å². The maximum atomic E-state index is 13.2. The molecule has 1 N–H and O–H groups in total. The fourth-order valence-corrected chi connectivity index (χ4v) is 4.26. The zero-order chi connectivity index (χ0) is 15.6. The third-order valence-electron chi connectivity index (χ3n) is 2.93. The molecule has 114 valence electrons. The summed E-state index contributed by atoms with van der Waals surface area (Å²) in [6, 6.07) is 7.05. The van der Waals surface area contributed by atoms with Gasteiger partial charge in [-0.3, -0.25) is 0 Å². The molecule has 1 heterocycles. The highest BCUT2D eigenvalue weighted by molar-refractivity contribution is 9.13. The second-order valence-corrected chi connectivity index (χ2v) is 7.60. The standard InChI is InChI=1S/C14H12Br2F3NS/c1-2-20-12(11-7-10(15)13(16)21-11)8-5-3-4-6-9(8)14(17,18)19/h3-7,12,20H,2H2,1H3. The predicted octanol–water partition coefficient (Wildman–Crippen LogP) is 5.99. The SMILES string of the molecule is CCNC(c1cc(Br)c(Br)s1)c1ccccc1C(F)(F)F. The molecule has 0 radical (unpaired) electrons. The maximum Gasteiger partial charge on any atom is 0.416 e. The van der Waals surface area contributed by atoms with Gasteiger partial charge in [0, 0.05) is 9.35 Å². The number of nitrogens with one attached hydrogen (secondary N) is 1. The summed E-state index contributed by atoms with van der Waals surface area (Å²) in [5.74, 6) is 0. The Balaban J connectivity index is 2.53. The van der Waals surface area contributed by atoms with Crippen molar-refractivity contribution >= 4 is 43.2 Å². The third kappa shape index (κ3) is 3.88. The molecular weight excluding hydrogens is 431 g/mol. The van der Waals surface area contributed by atoms with Gasteiger partial charge in [-0.25, -0.2) is 0 Å². The number of benzene rings is 1. The molecule has 1 nitrogen and oxygen atoms in total. The van der Waals surface area contributed by atoms with Gasteiger partial charge in [-0.05, 0) is 56.1 Å². The molecule has 0 spiro atoms. The van der Waals surface area contributed by atoms with Crippen molar-refractivity contribution in [3.05, 3.63) is 54.6 Å². The Morgan fingerprint density at radius 2 is 1.90 bits per heavy atom. The smallest absolute Gasteiger partial charge is 0.306 e. The fourth-order valence-electron chi connectivity index (χ4n) is 2.08. The maximum absolute atomic E-state index is 13.2. The van der Waals surface area contributed by atoms with Crippen LogP contribution in [0.3, 0.4) is 0 Å². The van der Waals surface area contributed by atoms with Crippen LogP contribution in [0, 0.1) is 0 Å². The summed E-state index contributed by atoms with van der Waals surface area (Å²) >= 11 is 8.18. The lowest BCUT2D eigenvalue weighted by molar-refractivity contribution is -0.138. The quantitative estimate of drug-likeness (QED) is 0.613. The van der Waals surface area contributed by atoms with Crippen LogP contribution in [0.15, 0.2) is 38.6 Å². The summed E-state index contributed by atoms with van der Waals surface area (Å²) in [6.07, 6.45) is -4.37. The zero-order valence-corrected chi connectivity index (χ0v) is 15.0. The lowest BCUT2D eigenvalue weighted by atomic mass is 9.98. The molecule has 2 aromatic rings. The van der Waals surface area contributed by atoms with Gasteiger partial charge in [0.25, 0.3) is 0 Å². The molecule has 2 rings (SSSR count). The number of hydrogen-bond donors (Lipinski definition) is 1. The second kappa shape index (κ2) is 6.81. The average molecular weight is 443 g/mol. The summed E-state index contributed by atoms with van der Waals surface area (Å²) in [6.45, 7) is 2.45. The van der Waals surface area contributed by atoms with E-state index >= 15 is 0 Å². The normalized spacial score (nSPS) is 13.4. The number of halogens is 5. The fraction of sp³-hybridized carbons (Fsp3) is 0.286. The molecule has 21 heavy (non-hydrogen) atoms. The number of alkyl halides is 3. The van der Waals surface area contributed by atoms with Crippen molar-refractivity contribution in [2.75, 3.05) is 6.54 Å². The van der Waals surface area contributed by atoms with Crippen molar-refractivity contribution < 1.29 is 13.2 Å². The summed E-state index contributed by atoms with van der Waals surface area (Å²) in [5.41, 5.74) is -0.357.